The normalized spacial score (nSPS) is 17.0. The van der Waals surface area contributed by atoms with E-state index in [9.17, 15) is 9.59 Å². The number of amides is 1. The first-order valence-corrected chi connectivity index (χ1v) is 9.06. The molecule has 26 heavy (non-hydrogen) atoms. The molecule has 1 atom stereocenters. The smallest absolute Gasteiger partial charge is 0.219 e. The summed E-state index contributed by atoms with van der Waals surface area (Å²) in [4.78, 5) is 27.7. The Bertz CT molecular complexity index is 991. The van der Waals surface area contributed by atoms with Crippen molar-refractivity contribution in [2.24, 2.45) is 0 Å². The molecule has 4 nitrogen and oxygen atoms in total. The van der Waals surface area contributed by atoms with Crippen LogP contribution in [0.1, 0.15) is 35.2 Å². The zero-order chi connectivity index (χ0) is 18.3. The standard InChI is InChI=1S/C21H19ClN2O2/c1-13(26)24-7-6-16(11-24)14-2-4-15(5-3-14)18-8-19-17(12-25)10-23-21(19)9-20(18)22/h2-5,8-10,12,16,23H,6-7,11H2,1H3/t16-/m0/s1. The summed E-state index contributed by atoms with van der Waals surface area (Å²) in [6, 6.07) is 12.2. The van der Waals surface area contributed by atoms with Crippen molar-refractivity contribution in [2.45, 2.75) is 19.3 Å². The van der Waals surface area contributed by atoms with E-state index in [1.807, 2.05) is 17.0 Å². The van der Waals surface area contributed by atoms with Gasteiger partial charge >= 0.3 is 0 Å². The Balaban J connectivity index is 1.65. The lowest BCUT2D eigenvalue weighted by atomic mass is 9.95. The van der Waals surface area contributed by atoms with Crippen molar-refractivity contribution in [1.82, 2.24) is 9.88 Å². The monoisotopic (exact) mass is 366 g/mol. The molecule has 1 aliphatic heterocycles. The summed E-state index contributed by atoms with van der Waals surface area (Å²) in [6.07, 6.45) is 3.54. The lowest BCUT2D eigenvalue weighted by Gasteiger charge is -2.14. The molecule has 0 aliphatic carbocycles. The van der Waals surface area contributed by atoms with Crippen molar-refractivity contribution in [1.29, 1.82) is 0 Å². The lowest BCUT2D eigenvalue weighted by Crippen LogP contribution is -2.25. The van der Waals surface area contributed by atoms with Crippen molar-refractivity contribution in [3.63, 3.8) is 0 Å². The Kier molecular flexibility index (Phi) is 4.29. The number of hydrogen-bond acceptors (Lipinski definition) is 2. The highest BCUT2D eigenvalue weighted by Gasteiger charge is 2.25. The fourth-order valence-electron chi connectivity index (χ4n) is 3.74. The van der Waals surface area contributed by atoms with Gasteiger partial charge in [0.05, 0.1) is 5.02 Å². The van der Waals surface area contributed by atoms with Gasteiger partial charge in [-0.15, -0.1) is 0 Å². The van der Waals surface area contributed by atoms with Crippen LogP contribution >= 0.6 is 11.6 Å². The molecule has 1 saturated heterocycles. The number of carbonyl (C=O) groups is 2. The minimum Gasteiger partial charge on any atom is -0.360 e. The number of likely N-dealkylation sites (tertiary alicyclic amines) is 1. The molecular weight excluding hydrogens is 348 g/mol. The highest BCUT2D eigenvalue weighted by Crippen LogP contribution is 2.34. The number of fused-ring (bicyclic) bond motifs is 1. The molecule has 0 saturated carbocycles. The average molecular weight is 367 g/mol. The van der Waals surface area contributed by atoms with Gasteiger partial charge in [-0.2, -0.15) is 0 Å². The third-order valence-corrected chi connectivity index (χ3v) is 5.57. The second-order valence-electron chi connectivity index (χ2n) is 6.81. The molecule has 1 amide bonds. The molecule has 4 rings (SSSR count). The predicted octanol–water partition coefficient (Wildman–Crippen LogP) is 4.64. The van der Waals surface area contributed by atoms with Crippen LogP contribution in [0.15, 0.2) is 42.6 Å². The third-order valence-electron chi connectivity index (χ3n) is 5.26. The summed E-state index contributed by atoms with van der Waals surface area (Å²) < 4.78 is 0. The van der Waals surface area contributed by atoms with E-state index in [2.05, 4.69) is 29.2 Å². The van der Waals surface area contributed by atoms with Gasteiger partial charge in [0.2, 0.25) is 5.91 Å². The van der Waals surface area contributed by atoms with E-state index in [1.54, 1.807) is 13.1 Å². The van der Waals surface area contributed by atoms with Crippen LogP contribution in [0.25, 0.3) is 22.0 Å². The highest BCUT2D eigenvalue weighted by atomic mass is 35.5. The summed E-state index contributed by atoms with van der Waals surface area (Å²) in [7, 11) is 0. The van der Waals surface area contributed by atoms with E-state index < -0.39 is 0 Å². The number of aromatic nitrogens is 1. The minimum atomic E-state index is 0.140. The van der Waals surface area contributed by atoms with Crippen LogP contribution in [0.2, 0.25) is 5.02 Å². The Hall–Kier alpha value is -2.59. The maximum absolute atomic E-state index is 11.5. The van der Waals surface area contributed by atoms with E-state index >= 15 is 0 Å². The van der Waals surface area contributed by atoms with Gasteiger partial charge < -0.3 is 9.88 Å². The van der Waals surface area contributed by atoms with Gasteiger partial charge in [-0.25, -0.2) is 0 Å². The number of H-pyrrole nitrogens is 1. The van der Waals surface area contributed by atoms with Crippen LogP contribution in [-0.2, 0) is 4.79 Å². The number of nitrogens with zero attached hydrogens (tertiary/aromatic N) is 1. The molecule has 1 N–H and O–H groups in total. The first kappa shape index (κ1) is 16.9. The first-order chi connectivity index (χ1) is 12.6. The molecule has 132 valence electrons. The topological polar surface area (TPSA) is 53.2 Å². The molecule has 2 aromatic carbocycles. The lowest BCUT2D eigenvalue weighted by molar-refractivity contribution is -0.127. The Morgan fingerprint density at radius 3 is 2.69 bits per heavy atom. The van der Waals surface area contributed by atoms with Gasteiger partial charge in [-0.3, -0.25) is 9.59 Å². The summed E-state index contributed by atoms with van der Waals surface area (Å²) in [5, 5.41) is 1.52. The van der Waals surface area contributed by atoms with Crippen molar-refractivity contribution in [2.75, 3.05) is 13.1 Å². The number of benzene rings is 2. The molecule has 1 aliphatic rings. The van der Waals surface area contributed by atoms with Crippen LogP contribution in [0.3, 0.4) is 0 Å². The number of hydrogen-bond donors (Lipinski definition) is 1. The van der Waals surface area contributed by atoms with Gasteiger partial charge in [-0.05, 0) is 29.7 Å². The minimum absolute atomic E-state index is 0.140. The van der Waals surface area contributed by atoms with Gasteiger partial charge in [0.25, 0.3) is 0 Å². The molecule has 0 unspecified atom stereocenters. The van der Waals surface area contributed by atoms with Crippen molar-refractivity contribution < 1.29 is 9.59 Å². The quantitative estimate of drug-likeness (QED) is 0.687. The number of halogens is 1. The second kappa shape index (κ2) is 6.61. The summed E-state index contributed by atoms with van der Waals surface area (Å²) in [5.74, 6) is 0.527. The molecule has 0 radical (unpaired) electrons. The molecule has 3 aromatic rings. The fraction of sp³-hybridized carbons (Fsp3) is 0.238. The number of aldehydes is 1. The number of rotatable bonds is 3. The van der Waals surface area contributed by atoms with Gasteiger partial charge in [0, 0.05) is 54.2 Å². The van der Waals surface area contributed by atoms with E-state index in [4.69, 9.17) is 11.6 Å². The van der Waals surface area contributed by atoms with Gasteiger partial charge in [0.1, 0.15) is 0 Å². The van der Waals surface area contributed by atoms with Gasteiger partial charge in [-0.1, -0.05) is 35.9 Å². The van der Waals surface area contributed by atoms with Crippen LogP contribution in [0.4, 0.5) is 0 Å². The van der Waals surface area contributed by atoms with Crippen molar-refractivity contribution >= 4 is 34.7 Å². The largest absolute Gasteiger partial charge is 0.360 e. The maximum Gasteiger partial charge on any atom is 0.219 e. The van der Waals surface area contributed by atoms with E-state index in [-0.39, 0.29) is 5.91 Å². The third kappa shape index (κ3) is 2.90. The van der Waals surface area contributed by atoms with E-state index in [0.29, 0.717) is 16.5 Å². The number of aromatic amines is 1. The Morgan fingerprint density at radius 2 is 2.04 bits per heavy atom. The highest BCUT2D eigenvalue weighted by molar-refractivity contribution is 6.34. The number of nitrogens with one attached hydrogen (secondary N) is 1. The summed E-state index contributed by atoms with van der Waals surface area (Å²) >= 11 is 6.46. The zero-order valence-corrected chi connectivity index (χ0v) is 15.2. The SMILES string of the molecule is CC(=O)N1CC[C@H](c2ccc(-c3cc4c(C=O)c[nH]c4cc3Cl)cc2)C1. The molecular formula is C21H19ClN2O2. The van der Waals surface area contributed by atoms with Crippen molar-refractivity contribution in [3.8, 4) is 11.1 Å². The van der Waals surface area contributed by atoms with Crippen LogP contribution in [-0.4, -0.2) is 35.2 Å². The predicted molar refractivity (Wildman–Crippen MR) is 104 cm³/mol. The zero-order valence-electron chi connectivity index (χ0n) is 14.5. The summed E-state index contributed by atoms with van der Waals surface area (Å²) in [6.45, 7) is 3.23. The van der Waals surface area contributed by atoms with Gasteiger partial charge in [0.15, 0.2) is 6.29 Å². The van der Waals surface area contributed by atoms with Crippen molar-refractivity contribution in [3.05, 3.63) is 58.7 Å². The second-order valence-corrected chi connectivity index (χ2v) is 7.22. The Labute approximate surface area is 156 Å². The average Bonchev–Trinajstić information content (AvgIpc) is 3.28. The molecule has 2 heterocycles. The molecule has 5 heteroatoms. The Morgan fingerprint density at radius 1 is 1.27 bits per heavy atom. The van der Waals surface area contributed by atoms with E-state index in [1.165, 1.54) is 5.56 Å². The van der Waals surface area contributed by atoms with Crippen LogP contribution < -0.4 is 0 Å². The molecule has 0 spiro atoms. The summed E-state index contributed by atoms with van der Waals surface area (Å²) in [5.41, 5.74) is 4.65. The van der Waals surface area contributed by atoms with E-state index in [0.717, 1.165) is 47.8 Å². The molecule has 0 bridgehead atoms. The first-order valence-electron chi connectivity index (χ1n) is 8.68. The van der Waals surface area contributed by atoms with Crippen LogP contribution in [0, 0.1) is 0 Å². The number of carbonyl (C=O) groups excluding carboxylic acids is 2. The molecule has 1 aromatic heterocycles. The fourth-order valence-corrected chi connectivity index (χ4v) is 4.01. The maximum atomic E-state index is 11.5. The van der Waals surface area contributed by atoms with Crippen LogP contribution in [0.5, 0.6) is 0 Å². The molecule has 1 fully saturated rings.